The van der Waals surface area contributed by atoms with Crippen LogP contribution in [0.3, 0.4) is 0 Å². The third kappa shape index (κ3) is 4.92. The number of rotatable bonds is 5. The van der Waals surface area contributed by atoms with Crippen LogP contribution in [0.15, 0.2) is 29.2 Å². The average molecular weight is 382 g/mol. The summed E-state index contributed by atoms with van der Waals surface area (Å²) in [6.45, 7) is 1.86. The van der Waals surface area contributed by atoms with Crippen LogP contribution in [0.1, 0.15) is 50.5 Å². The second-order valence-electron chi connectivity index (χ2n) is 6.92. The number of sulfonamides is 1. The number of hydrogen-bond donors (Lipinski definition) is 2. The quantitative estimate of drug-likeness (QED) is 0.768. The van der Waals surface area contributed by atoms with Crippen molar-refractivity contribution in [2.75, 3.05) is 13.1 Å². The van der Waals surface area contributed by atoms with Gasteiger partial charge in [-0.25, -0.2) is 8.42 Å². The van der Waals surface area contributed by atoms with Gasteiger partial charge in [-0.3, -0.25) is 0 Å². The van der Waals surface area contributed by atoms with Gasteiger partial charge in [-0.05, 0) is 55.6 Å². The van der Waals surface area contributed by atoms with Crippen LogP contribution in [0.25, 0.3) is 0 Å². The van der Waals surface area contributed by atoms with Crippen LogP contribution in [-0.2, 0) is 16.6 Å². The molecule has 7 heteroatoms. The van der Waals surface area contributed by atoms with Crippen LogP contribution in [0, 0.1) is 0 Å². The van der Waals surface area contributed by atoms with Gasteiger partial charge >= 0.3 is 0 Å². The molecule has 0 atom stereocenters. The maximum absolute atomic E-state index is 12.5. The molecule has 1 saturated heterocycles. The molecule has 1 aromatic rings. The molecule has 1 aliphatic carbocycles. The summed E-state index contributed by atoms with van der Waals surface area (Å²) >= 11 is 5.37. The molecular weight excluding hydrogens is 354 g/mol. The highest BCUT2D eigenvalue weighted by atomic mass is 32.2. The highest BCUT2D eigenvalue weighted by molar-refractivity contribution is 7.89. The topological polar surface area (TPSA) is 61.4 Å². The number of benzene rings is 1. The Labute approximate surface area is 156 Å². The number of nitrogens with one attached hydrogen (secondary N) is 2. The minimum absolute atomic E-state index is 0.376. The van der Waals surface area contributed by atoms with Gasteiger partial charge in [-0.1, -0.05) is 31.4 Å². The van der Waals surface area contributed by atoms with Crippen LogP contribution < -0.4 is 10.6 Å². The van der Waals surface area contributed by atoms with Crippen LogP contribution >= 0.6 is 12.2 Å². The summed E-state index contributed by atoms with van der Waals surface area (Å²) in [4.78, 5) is 0.376. The SMILES string of the molecule is O=S(=O)(c1ccc(CNC(=S)NC2CCCCC2)cc1)N1CCCC1. The molecule has 1 saturated carbocycles. The minimum atomic E-state index is -3.33. The Morgan fingerprint density at radius 3 is 2.32 bits per heavy atom. The fourth-order valence-corrected chi connectivity index (χ4v) is 5.28. The number of nitrogens with zero attached hydrogens (tertiary/aromatic N) is 1. The second kappa shape index (κ2) is 8.47. The van der Waals surface area contributed by atoms with Crippen LogP contribution in [0.2, 0.25) is 0 Å². The lowest BCUT2D eigenvalue weighted by Crippen LogP contribution is -2.42. The molecule has 25 heavy (non-hydrogen) atoms. The Bertz CT molecular complexity index is 677. The monoisotopic (exact) mass is 381 g/mol. The molecule has 0 spiro atoms. The zero-order valence-corrected chi connectivity index (χ0v) is 16.2. The first-order chi connectivity index (χ1) is 12.1. The average Bonchev–Trinajstić information content (AvgIpc) is 3.17. The van der Waals surface area contributed by atoms with E-state index in [0.717, 1.165) is 18.4 Å². The first kappa shape index (κ1) is 18.6. The van der Waals surface area contributed by atoms with Gasteiger partial charge < -0.3 is 10.6 Å². The Morgan fingerprint density at radius 1 is 1.04 bits per heavy atom. The van der Waals surface area contributed by atoms with Crippen molar-refractivity contribution in [1.29, 1.82) is 0 Å². The van der Waals surface area contributed by atoms with Gasteiger partial charge in [0, 0.05) is 25.7 Å². The molecule has 1 aromatic carbocycles. The zero-order valence-electron chi connectivity index (χ0n) is 14.5. The first-order valence-electron chi connectivity index (χ1n) is 9.19. The van der Waals surface area contributed by atoms with E-state index in [0.29, 0.717) is 35.7 Å². The van der Waals surface area contributed by atoms with Crippen molar-refractivity contribution in [2.24, 2.45) is 0 Å². The van der Waals surface area contributed by atoms with Crippen LogP contribution in [0.5, 0.6) is 0 Å². The first-order valence-corrected chi connectivity index (χ1v) is 11.0. The van der Waals surface area contributed by atoms with Crippen molar-refractivity contribution < 1.29 is 8.42 Å². The van der Waals surface area contributed by atoms with Gasteiger partial charge in [0.15, 0.2) is 5.11 Å². The molecule has 1 heterocycles. The van der Waals surface area contributed by atoms with Gasteiger partial charge in [0.1, 0.15) is 0 Å². The van der Waals surface area contributed by atoms with E-state index in [1.807, 2.05) is 12.1 Å². The van der Waals surface area contributed by atoms with E-state index in [9.17, 15) is 8.42 Å². The predicted molar refractivity (Wildman–Crippen MR) is 104 cm³/mol. The molecule has 138 valence electrons. The zero-order chi connectivity index (χ0) is 17.7. The second-order valence-corrected chi connectivity index (χ2v) is 9.26. The summed E-state index contributed by atoms with van der Waals surface area (Å²) in [6, 6.07) is 7.60. The highest BCUT2D eigenvalue weighted by Gasteiger charge is 2.26. The fraction of sp³-hybridized carbons (Fsp3) is 0.611. The lowest BCUT2D eigenvalue weighted by Gasteiger charge is -2.24. The molecule has 0 bridgehead atoms. The molecule has 3 rings (SSSR count). The smallest absolute Gasteiger partial charge is 0.243 e. The normalized spacial score (nSPS) is 19.7. The van der Waals surface area contributed by atoms with E-state index in [-0.39, 0.29) is 0 Å². The maximum Gasteiger partial charge on any atom is 0.243 e. The third-order valence-electron chi connectivity index (χ3n) is 5.02. The molecule has 0 amide bonds. The molecule has 0 aromatic heterocycles. The standard InChI is InChI=1S/C18H27N3O2S2/c22-25(23,21-12-4-5-13-21)17-10-8-15(9-11-17)14-19-18(24)20-16-6-2-1-3-7-16/h8-11,16H,1-7,12-14H2,(H2,19,20,24). The molecule has 0 radical (unpaired) electrons. The van der Waals surface area contributed by atoms with Crippen molar-refractivity contribution in [3.63, 3.8) is 0 Å². The van der Waals surface area contributed by atoms with Gasteiger partial charge in [0.25, 0.3) is 0 Å². The maximum atomic E-state index is 12.5. The molecule has 2 fully saturated rings. The van der Waals surface area contributed by atoms with Crippen molar-refractivity contribution in [1.82, 2.24) is 14.9 Å². The third-order valence-corrected chi connectivity index (χ3v) is 7.19. The largest absolute Gasteiger partial charge is 0.360 e. The molecular formula is C18H27N3O2S2. The van der Waals surface area contributed by atoms with E-state index in [1.54, 1.807) is 16.4 Å². The molecule has 5 nitrogen and oxygen atoms in total. The van der Waals surface area contributed by atoms with E-state index in [1.165, 1.54) is 32.1 Å². The summed E-state index contributed by atoms with van der Waals surface area (Å²) < 4.78 is 26.6. The Balaban J connectivity index is 1.51. The van der Waals surface area contributed by atoms with Gasteiger partial charge in [0.05, 0.1) is 4.90 Å². The fourth-order valence-electron chi connectivity index (χ4n) is 3.52. The van der Waals surface area contributed by atoms with E-state index < -0.39 is 10.0 Å². The summed E-state index contributed by atoms with van der Waals surface area (Å²) in [5.41, 5.74) is 1.02. The highest BCUT2D eigenvalue weighted by Crippen LogP contribution is 2.21. The predicted octanol–water partition coefficient (Wildman–Crippen LogP) is 2.77. The van der Waals surface area contributed by atoms with E-state index in [4.69, 9.17) is 12.2 Å². The van der Waals surface area contributed by atoms with Crippen molar-refractivity contribution in [3.8, 4) is 0 Å². The Hall–Kier alpha value is -1.18. The lowest BCUT2D eigenvalue weighted by molar-refractivity contribution is 0.412. The van der Waals surface area contributed by atoms with Crippen molar-refractivity contribution >= 4 is 27.4 Å². The molecule has 1 aliphatic heterocycles. The summed E-state index contributed by atoms with van der Waals surface area (Å²) in [5.74, 6) is 0. The van der Waals surface area contributed by atoms with Gasteiger partial charge in [0.2, 0.25) is 10.0 Å². The lowest BCUT2D eigenvalue weighted by atomic mass is 9.96. The van der Waals surface area contributed by atoms with Gasteiger partial charge in [-0.15, -0.1) is 0 Å². The molecule has 0 unspecified atom stereocenters. The Kier molecular flexibility index (Phi) is 6.30. The van der Waals surface area contributed by atoms with E-state index >= 15 is 0 Å². The Morgan fingerprint density at radius 2 is 1.68 bits per heavy atom. The molecule has 2 N–H and O–H groups in total. The van der Waals surface area contributed by atoms with Crippen LogP contribution in [0.4, 0.5) is 0 Å². The summed E-state index contributed by atoms with van der Waals surface area (Å²) in [6.07, 6.45) is 8.14. The number of hydrogen-bond acceptors (Lipinski definition) is 3. The van der Waals surface area contributed by atoms with E-state index in [2.05, 4.69) is 10.6 Å². The summed E-state index contributed by atoms with van der Waals surface area (Å²) in [7, 11) is -3.33. The van der Waals surface area contributed by atoms with Crippen molar-refractivity contribution in [3.05, 3.63) is 29.8 Å². The summed E-state index contributed by atoms with van der Waals surface area (Å²) in [5, 5.41) is 7.28. The molecule has 2 aliphatic rings. The van der Waals surface area contributed by atoms with Crippen LogP contribution in [-0.4, -0.2) is 37.0 Å². The van der Waals surface area contributed by atoms with Crippen molar-refractivity contribution in [2.45, 2.75) is 62.4 Å². The minimum Gasteiger partial charge on any atom is -0.360 e. The number of thiocarbonyl (C=S) groups is 1. The van der Waals surface area contributed by atoms with Gasteiger partial charge in [-0.2, -0.15) is 4.31 Å².